The van der Waals surface area contributed by atoms with Gasteiger partial charge in [-0.05, 0) is 24.1 Å². The van der Waals surface area contributed by atoms with Crippen molar-refractivity contribution in [1.29, 1.82) is 0 Å². The lowest BCUT2D eigenvalue weighted by Gasteiger charge is -2.14. The molecule has 0 aliphatic heterocycles. The molecule has 0 fully saturated rings. The predicted molar refractivity (Wildman–Crippen MR) is 138 cm³/mol. The number of benzene rings is 2. The second kappa shape index (κ2) is 10.4. The van der Waals surface area contributed by atoms with Gasteiger partial charge in [-0.15, -0.1) is 11.3 Å². The van der Waals surface area contributed by atoms with E-state index in [1.54, 1.807) is 37.8 Å². The maximum atomic E-state index is 13.1. The number of hydrogen-bond acceptors (Lipinski definition) is 8. The summed E-state index contributed by atoms with van der Waals surface area (Å²) in [7, 11) is 3.09. The molecule has 0 aliphatic carbocycles. The number of thiophene rings is 1. The van der Waals surface area contributed by atoms with E-state index < -0.39 is 0 Å². The van der Waals surface area contributed by atoms with Crippen LogP contribution in [0.5, 0.6) is 11.5 Å². The molecule has 0 bridgehead atoms. The van der Waals surface area contributed by atoms with Crippen molar-refractivity contribution < 1.29 is 19.1 Å². The van der Waals surface area contributed by atoms with E-state index in [4.69, 9.17) is 9.47 Å². The first kappa shape index (κ1) is 23.9. The van der Waals surface area contributed by atoms with Crippen molar-refractivity contribution >= 4 is 50.4 Å². The third-order valence-electron chi connectivity index (χ3n) is 5.40. The summed E-state index contributed by atoms with van der Waals surface area (Å²) in [5, 5.41) is 7.98. The largest absolute Gasteiger partial charge is 0.497 e. The van der Waals surface area contributed by atoms with Gasteiger partial charge in [0.15, 0.2) is 11.6 Å². The Morgan fingerprint density at radius 2 is 1.86 bits per heavy atom. The number of ether oxygens (including phenoxy) is 2. The number of fused-ring (bicyclic) bond motifs is 1. The maximum Gasteiger partial charge on any atom is 0.258 e. The summed E-state index contributed by atoms with van der Waals surface area (Å²) < 4.78 is 11.3. The summed E-state index contributed by atoms with van der Waals surface area (Å²) in [5.74, 6) is 1.30. The highest BCUT2D eigenvalue weighted by Crippen LogP contribution is 2.34. The van der Waals surface area contributed by atoms with Gasteiger partial charge >= 0.3 is 0 Å². The van der Waals surface area contributed by atoms with E-state index in [2.05, 4.69) is 27.2 Å². The van der Waals surface area contributed by atoms with E-state index >= 15 is 0 Å². The highest BCUT2D eigenvalue weighted by atomic mass is 32.1. The summed E-state index contributed by atoms with van der Waals surface area (Å²) in [6, 6.07) is 10.9. The number of methoxy groups -OCH3 is 2. The molecule has 9 heteroatoms. The molecule has 8 nitrogen and oxygen atoms in total. The summed E-state index contributed by atoms with van der Waals surface area (Å²) in [6.07, 6.45) is 2.95. The number of nitrogens with one attached hydrogen (secondary N) is 2. The molecule has 0 unspecified atom stereocenters. The van der Waals surface area contributed by atoms with E-state index in [1.807, 2.05) is 25.1 Å². The van der Waals surface area contributed by atoms with Crippen LogP contribution in [0.15, 0.2) is 60.8 Å². The average molecular weight is 489 g/mol. The SMILES string of the molecule is C=CC(=O)Cc1cccc(C)c1Nc1ncnc2c(C(=O)Nc3cc(OC)cc(OC)c3)csc12. The van der Waals surface area contributed by atoms with Gasteiger partial charge in [0.05, 0.1) is 30.0 Å². The van der Waals surface area contributed by atoms with Gasteiger partial charge < -0.3 is 20.1 Å². The minimum absolute atomic E-state index is 0.0734. The van der Waals surface area contributed by atoms with Crippen LogP contribution in [-0.2, 0) is 11.2 Å². The van der Waals surface area contributed by atoms with Crippen molar-refractivity contribution in [2.24, 2.45) is 0 Å². The van der Waals surface area contributed by atoms with E-state index in [1.165, 1.54) is 23.7 Å². The zero-order valence-corrected chi connectivity index (χ0v) is 20.4. The lowest BCUT2D eigenvalue weighted by molar-refractivity contribution is -0.114. The van der Waals surface area contributed by atoms with Gasteiger partial charge in [-0.3, -0.25) is 9.59 Å². The van der Waals surface area contributed by atoms with Crippen LogP contribution in [0.4, 0.5) is 17.2 Å². The van der Waals surface area contributed by atoms with Crippen LogP contribution in [0.1, 0.15) is 21.5 Å². The number of allylic oxidation sites excluding steroid dienone is 1. The molecule has 0 radical (unpaired) electrons. The Morgan fingerprint density at radius 3 is 2.54 bits per heavy atom. The van der Waals surface area contributed by atoms with Gasteiger partial charge in [-0.25, -0.2) is 9.97 Å². The number of aryl methyl sites for hydroxylation is 1. The van der Waals surface area contributed by atoms with E-state index in [-0.39, 0.29) is 18.1 Å². The van der Waals surface area contributed by atoms with Crippen molar-refractivity contribution in [3.8, 4) is 11.5 Å². The number of anilines is 3. The Kier molecular flexibility index (Phi) is 7.07. The first-order valence-corrected chi connectivity index (χ1v) is 11.6. The lowest BCUT2D eigenvalue weighted by atomic mass is 10.0. The van der Waals surface area contributed by atoms with Crippen LogP contribution >= 0.6 is 11.3 Å². The van der Waals surface area contributed by atoms with Gasteiger partial charge in [-0.1, -0.05) is 24.8 Å². The number of nitrogens with zero attached hydrogens (tertiary/aromatic N) is 2. The average Bonchev–Trinajstić information content (AvgIpc) is 3.31. The Balaban J connectivity index is 1.65. The number of carbonyl (C=O) groups is 2. The molecular formula is C26H24N4O4S. The fourth-order valence-electron chi connectivity index (χ4n) is 3.61. The number of para-hydroxylation sites is 1. The fraction of sp³-hybridized carbons (Fsp3) is 0.154. The summed E-state index contributed by atoms with van der Waals surface area (Å²) >= 11 is 1.36. The zero-order chi connectivity index (χ0) is 24.9. The molecule has 2 N–H and O–H groups in total. The zero-order valence-electron chi connectivity index (χ0n) is 19.5. The number of rotatable bonds is 9. The van der Waals surface area contributed by atoms with Crippen LogP contribution < -0.4 is 20.1 Å². The molecule has 0 saturated heterocycles. The Bertz CT molecular complexity index is 1410. The van der Waals surface area contributed by atoms with E-state index in [9.17, 15) is 9.59 Å². The number of ketones is 1. The second-order valence-electron chi connectivity index (χ2n) is 7.69. The molecule has 0 spiro atoms. The molecule has 178 valence electrons. The molecule has 2 aromatic heterocycles. The third-order valence-corrected chi connectivity index (χ3v) is 6.38. The van der Waals surface area contributed by atoms with Crippen LogP contribution in [0.2, 0.25) is 0 Å². The Labute approximate surface area is 206 Å². The minimum atomic E-state index is -0.315. The van der Waals surface area contributed by atoms with Gasteiger partial charge in [-0.2, -0.15) is 0 Å². The Hall–Kier alpha value is -4.24. The first-order valence-electron chi connectivity index (χ1n) is 10.7. The number of carbonyl (C=O) groups excluding carboxylic acids is 2. The summed E-state index contributed by atoms with van der Waals surface area (Å²) in [6.45, 7) is 5.52. The number of aromatic nitrogens is 2. The van der Waals surface area contributed by atoms with Crippen LogP contribution in [0.25, 0.3) is 10.2 Å². The van der Waals surface area contributed by atoms with Crippen LogP contribution in [-0.4, -0.2) is 35.9 Å². The number of hydrogen-bond donors (Lipinski definition) is 2. The molecule has 2 heterocycles. The summed E-state index contributed by atoms with van der Waals surface area (Å²) in [4.78, 5) is 33.9. The van der Waals surface area contributed by atoms with Crippen molar-refractivity contribution in [3.05, 3.63) is 77.5 Å². The maximum absolute atomic E-state index is 13.1. The quantitative estimate of drug-likeness (QED) is 0.308. The smallest absolute Gasteiger partial charge is 0.258 e. The van der Waals surface area contributed by atoms with E-state index in [0.29, 0.717) is 34.1 Å². The highest BCUT2D eigenvalue weighted by molar-refractivity contribution is 7.18. The highest BCUT2D eigenvalue weighted by Gasteiger charge is 2.19. The normalized spacial score (nSPS) is 10.6. The molecule has 0 atom stereocenters. The molecule has 0 aliphatic rings. The van der Waals surface area contributed by atoms with Crippen molar-refractivity contribution in [3.63, 3.8) is 0 Å². The summed E-state index contributed by atoms with van der Waals surface area (Å²) in [5.41, 5.74) is 4.08. The van der Waals surface area contributed by atoms with Crippen molar-refractivity contribution in [2.75, 3.05) is 24.9 Å². The predicted octanol–water partition coefficient (Wildman–Crippen LogP) is 5.31. The molecule has 4 rings (SSSR count). The molecule has 4 aromatic rings. The van der Waals surface area contributed by atoms with Gasteiger partial charge in [0, 0.05) is 41.4 Å². The minimum Gasteiger partial charge on any atom is -0.497 e. The molecule has 0 saturated carbocycles. The second-order valence-corrected chi connectivity index (χ2v) is 8.57. The van der Waals surface area contributed by atoms with Crippen molar-refractivity contribution in [2.45, 2.75) is 13.3 Å². The first-order chi connectivity index (χ1) is 16.9. The van der Waals surface area contributed by atoms with Gasteiger partial charge in [0.1, 0.15) is 17.8 Å². The van der Waals surface area contributed by atoms with Gasteiger partial charge in [0.2, 0.25) is 0 Å². The van der Waals surface area contributed by atoms with Crippen LogP contribution in [0, 0.1) is 6.92 Å². The molecule has 35 heavy (non-hydrogen) atoms. The van der Waals surface area contributed by atoms with Crippen molar-refractivity contribution in [1.82, 2.24) is 9.97 Å². The monoisotopic (exact) mass is 488 g/mol. The number of amides is 1. The Morgan fingerprint density at radius 1 is 1.11 bits per heavy atom. The topological polar surface area (TPSA) is 102 Å². The fourth-order valence-corrected chi connectivity index (χ4v) is 4.56. The molecule has 1 amide bonds. The molecular weight excluding hydrogens is 464 g/mol. The van der Waals surface area contributed by atoms with Crippen LogP contribution in [0.3, 0.4) is 0 Å². The van der Waals surface area contributed by atoms with Gasteiger partial charge in [0.25, 0.3) is 5.91 Å². The molecule has 2 aromatic carbocycles. The third kappa shape index (κ3) is 5.15. The standard InChI is InChI=1S/C26H24N4O4S/c1-5-18(31)9-16-8-6-7-15(2)22(16)30-25-24-23(27-14-28-25)21(13-35-24)26(32)29-17-10-19(33-3)12-20(11-17)34-4/h5-8,10-14H,1,9H2,2-4H3,(H,29,32)(H,27,28,30). The lowest BCUT2D eigenvalue weighted by Crippen LogP contribution is -2.12. The van der Waals surface area contributed by atoms with E-state index in [0.717, 1.165) is 21.5 Å².